The van der Waals surface area contributed by atoms with Crippen LogP contribution in [0.15, 0.2) is 18.3 Å². The van der Waals surface area contributed by atoms with Gasteiger partial charge in [0.25, 0.3) is 5.91 Å². The fourth-order valence-corrected chi connectivity index (χ4v) is 1.72. The zero-order valence-corrected chi connectivity index (χ0v) is 10.6. The van der Waals surface area contributed by atoms with E-state index in [9.17, 15) is 9.18 Å². The quantitative estimate of drug-likeness (QED) is 0.820. The van der Waals surface area contributed by atoms with Gasteiger partial charge in [-0.1, -0.05) is 0 Å². The Labute approximate surface area is 117 Å². The van der Waals surface area contributed by atoms with Gasteiger partial charge in [-0.3, -0.25) is 4.79 Å². The molecule has 2 aromatic rings. The van der Waals surface area contributed by atoms with Crippen LogP contribution in [0.4, 0.5) is 21.8 Å². The van der Waals surface area contributed by atoms with Crippen molar-refractivity contribution in [1.82, 2.24) is 15.0 Å². The molecule has 1 aliphatic heterocycles. The van der Waals surface area contributed by atoms with E-state index >= 15 is 0 Å². The smallest absolute Gasteiger partial charge is 0.263 e. The highest BCUT2D eigenvalue weighted by Gasteiger charge is 2.18. The van der Waals surface area contributed by atoms with Crippen molar-refractivity contribution in [2.75, 3.05) is 17.2 Å². The van der Waals surface area contributed by atoms with Gasteiger partial charge in [-0.2, -0.15) is 4.98 Å². The van der Waals surface area contributed by atoms with E-state index in [0.29, 0.717) is 5.75 Å². The standard InChI is InChI=1S/C11H7ClFN5O2/c12-11-14-3-5(13)9(18-11)15-7-2-1-6-10(16-7)17-8(19)4-20-6/h1-3H,4H2,(H2,14,15,16,17,18,19). The van der Waals surface area contributed by atoms with Gasteiger partial charge in [-0.05, 0) is 23.7 Å². The van der Waals surface area contributed by atoms with Gasteiger partial charge in [0.05, 0.1) is 6.20 Å². The predicted molar refractivity (Wildman–Crippen MR) is 68.6 cm³/mol. The summed E-state index contributed by atoms with van der Waals surface area (Å²) in [6, 6.07) is 3.16. The number of nitrogens with zero attached hydrogens (tertiary/aromatic N) is 3. The van der Waals surface area contributed by atoms with E-state index in [2.05, 4.69) is 25.6 Å². The second-order valence-electron chi connectivity index (χ2n) is 3.84. The summed E-state index contributed by atoms with van der Waals surface area (Å²) in [5, 5.41) is 5.10. The molecule has 9 heteroatoms. The lowest BCUT2D eigenvalue weighted by Gasteiger charge is -2.17. The van der Waals surface area contributed by atoms with E-state index in [1.165, 1.54) is 0 Å². The van der Waals surface area contributed by atoms with E-state index in [-0.39, 0.29) is 35.3 Å². The maximum atomic E-state index is 13.5. The fourth-order valence-electron chi connectivity index (χ4n) is 1.59. The minimum atomic E-state index is -0.672. The van der Waals surface area contributed by atoms with Gasteiger partial charge in [0.1, 0.15) is 5.82 Å². The lowest BCUT2D eigenvalue weighted by Crippen LogP contribution is -2.26. The van der Waals surface area contributed by atoms with Crippen LogP contribution < -0.4 is 15.4 Å². The Hall–Kier alpha value is -2.48. The molecule has 1 aliphatic rings. The Bertz CT molecular complexity index is 697. The third-order valence-corrected chi connectivity index (χ3v) is 2.62. The number of pyridine rings is 1. The molecule has 2 N–H and O–H groups in total. The second kappa shape index (κ2) is 4.89. The molecular formula is C11H7ClFN5O2. The number of rotatable bonds is 2. The molecule has 20 heavy (non-hydrogen) atoms. The number of halogens is 2. The Balaban J connectivity index is 1.90. The molecule has 0 saturated heterocycles. The van der Waals surface area contributed by atoms with Gasteiger partial charge >= 0.3 is 0 Å². The molecule has 2 aromatic heterocycles. The van der Waals surface area contributed by atoms with E-state index in [0.717, 1.165) is 6.20 Å². The van der Waals surface area contributed by atoms with Crippen molar-refractivity contribution in [3.8, 4) is 5.75 Å². The first kappa shape index (κ1) is 12.5. The van der Waals surface area contributed by atoms with Crippen LogP contribution in [0.25, 0.3) is 0 Å². The average molecular weight is 296 g/mol. The van der Waals surface area contributed by atoms with E-state index in [1.807, 2.05) is 0 Å². The number of anilines is 3. The van der Waals surface area contributed by atoms with Crippen molar-refractivity contribution in [2.24, 2.45) is 0 Å². The summed E-state index contributed by atoms with van der Waals surface area (Å²) in [5.74, 6) is -0.112. The lowest BCUT2D eigenvalue weighted by molar-refractivity contribution is -0.118. The first-order valence-electron chi connectivity index (χ1n) is 5.50. The Kier molecular flexibility index (Phi) is 3.07. The van der Waals surface area contributed by atoms with Gasteiger partial charge in [0.15, 0.2) is 29.8 Å². The Morgan fingerprint density at radius 2 is 2.25 bits per heavy atom. The monoisotopic (exact) mass is 295 g/mol. The van der Waals surface area contributed by atoms with E-state index in [1.54, 1.807) is 12.1 Å². The summed E-state index contributed by atoms with van der Waals surface area (Å²) >= 11 is 5.59. The van der Waals surface area contributed by atoms with Crippen molar-refractivity contribution in [3.05, 3.63) is 29.4 Å². The zero-order chi connectivity index (χ0) is 14.1. The van der Waals surface area contributed by atoms with Crippen LogP contribution >= 0.6 is 11.6 Å². The summed E-state index contributed by atoms with van der Waals surface area (Å²) in [4.78, 5) is 22.5. The lowest BCUT2D eigenvalue weighted by atomic mass is 10.3. The molecule has 7 nitrogen and oxygen atoms in total. The molecule has 1 amide bonds. The zero-order valence-electron chi connectivity index (χ0n) is 9.85. The molecule has 0 aromatic carbocycles. The Morgan fingerprint density at radius 1 is 1.40 bits per heavy atom. The number of aromatic nitrogens is 3. The van der Waals surface area contributed by atoms with Crippen LogP contribution in [-0.2, 0) is 4.79 Å². The average Bonchev–Trinajstić information content (AvgIpc) is 2.42. The number of nitrogens with one attached hydrogen (secondary N) is 2. The molecule has 3 heterocycles. The molecule has 0 atom stereocenters. The maximum Gasteiger partial charge on any atom is 0.263 e. The van der Waals surface area contributed by atoms with Gasteiger partial charge < -0.3 is 15.4 Å². The predicted octanol–water partition coefficient (Wildman–Crippen LogP) is 1.74. The molecule has 0 fully saturated rings. The number of fused-ring (bicyclic) bond motifs is 1. The minimum absolute atomic E-state index is 0.0579. The summed E-state index contributed by atoms with van der Waals surface area (Å²) in [6.45, 7) is -0.0579. The summed E-state index contributed by atoms with van der Waals surface area (Å²) in [7, 11) is 0. The molecule has 0 aliphatic carbocycles. The minimum Gasteiger partial charge on any atom is -0.480 e. The third-order valence-electron chi connectivity index (χ3n) is 2.44. The van der Waals surface area contributed by atoms with E-state index < -0.39 is 5.82 Å². The molecule has 0 bridgehead atoms. The molecule has 0 radical (unpaired) electrons. The summed E-state index contributed by atoms with van der Waals surface area (Å²) in [5.41, 5.74) is 0. The van der Waals surface area contributed by atoms with Gasteiger partial charge in [0, 0.05) is 0 Å². The topological polar surface area (TPSA) is 89.0 Å². The second-order valence-corrected chi connectivity index (χ2v) is 4.18. The highest BCUT2D eigenvalue weighted by Crippen LogP contribution is 2.28. The van der Waals surface area contributed by atoms with E-state index in [4.69, 9.17) is 16.3 Å². The van der Waals surface area contributed by atoms with Gasteiger partial charge in [0.2, 0.25) is 5.28 Å². The highest BCUT2D eigenvalue weighted by molar-refractivity contribution is 6.28. The summed E-state index contributed by atoms with van der Waals surface area (Å²) < 4.78 is 18.6. The molecular weight excluding hydrogens is 289 g/mol. The van der Waals surface area contributed by atoms with Crippen LogP contribution in [0.3, 0.4) is 0 Å². The number of hydrogen-bond donors (Lipinski definition) is 2. The first-order valence-corrected chi connectivity index (χ1v) is 5.88. The molecule has 0 unspecified atom stereocenters. The van der Waals surface area contributed by atoms with Crippen molar-refractivity contribution in [1.29, 1.82) is 0 Å². The fraction of sp³-hybridized carbons (Fsp3) is 0.0909. The number of ether oxygens (including phenoxy) is 1. The largest absolute Gasteiger partial charge is 0.480 e. The normalized spacial score (nSPS) is 13.2. The van der Waals surface area contributed by atoms with Crippen LogP contribution in [0.5, 0.6) is 5.75 Å². The number of carbonyl (C=O) groups excluding carboxylic acids is 1. The van der Waals surface area contributed by atoms with Gasteiger partial charge in [-0.15, -0.1) is 0 Å². The number of amides is 1. The van der Waals surface area contributed by atoms with Crippen molar-refractivity contribution in [3.63, 3.8) is 0 Å². The van der Waals surface area contributed by atoms with Crippen molar-refractivity contribution < 1.29 is 13.9 Å². The van der Waals surface area contributed by atoms with Crippen molar-refractivity contribution in [2.45, 2.75) is 0 Å². The van der Waals surface area contributed by atoms with Crippen LogP contribution in [0.1, 0.15) is 0 Å². The van der Waals surface area contributed by atoms with Crippen LogP contribution in [0, 0.1) is 5.82 Å². The molecule has 3 rings (SSSR count). The SMILES string of the molecule is O=C1COc2ccc(Nc3nc(Cl)ncc3F)nc2N1. The number of carbonyl (C=O) groups is 1. The Morgan fingerprint density at radius 3 is 3.10 bits per heavy atom. The molecule has 102 valence electrons. The summed E-state index contributed by atoms with van der Waals surface area (Å²) in [6.07, 6.45) is 0.945. The van der Waals surface area contributed by atoms with Gasteiger partial charge in [-0.25, -0.2) is 14.4 Å². The molecule has 0 saturated carbocycles. The molecule has 0 spiro atoms. The van der Waals surface area contributed by atoms with Crippen LogP contribution in [-0.4, -0.2) is 27.5 Å². The van der Waals surface area contributed by atoms with Crippen LogP contribution in [0.2, 0.25) is 5.28 Å². The third kappa shape index (κ3) is 2.45. The highest BCUT2D eigenvalue weighted by atomic mass is 35.5. The maximum absolute atomic E-state index is 13.5. The number of hydrogen-bond acceptors (Lipinski definition) is 6. The first-order chi connectivity index (χ1) is 9.61. The van der Waals surface area contributed by atoms with Crippen molar-refractivity contribution >= 4 is 35.0 Å².